The third kappa shape index (κ3) is 3.50. The first-order valence-electron chi connectivity index (χ1n) is 8.38. The topological polar surface area (TPSA) is 101 Å². The zero-order valence-electron chi connectivity index (χ0n) is 14.2. The van der Waals surface area contributed by atoms with Crippen molar-refractivity contribution in [3.63, 3.8) is 0 Å². The largest absolute Gasteiger partial charge is 0.481 e. The van der Waals surface area contributed by atoms with Crippen LogP contribution in [0.5, 0.6) is 0 Å². The van der Waals surface area contributed by atoms with Crippen LogP contribution in [0.25, 0.3) is 0 Å². The SMILES string of the molecule is O=C(O)[C@@H]1c2ccc([N+](=O)[O-])cc2C(=O)N(CCCCl)[C@@H]1c1ccccc1. The lowest BCUT2D eigenvalue weighted by Gasteiger charge is -2.40. The normalized spacial score (nSPS) is 18.9. The minimum atomic E-state index is -1.10. The van der Waals surface area contributed by atoms with Crippen LogP contribution in [-0.2, 0) is 4.79 Å². The molecule has 2 atom stereocenters. The quantitative estimate of drug-likeness (QED) is 0.463. The number of amides is 1. The van der Waals surface area contributed by atoms with Gasteiger partial charge in [0.2, 0.25) is 0 Å². The molecule has 0 radical (unpaired) electrons. The van der Waals surface area contributed by atoms with Gasteiger partial charge in [0.1, 0.15) is 5.92 Å². The number of fused-ring (bicyclic) bond motifs is 1. The molecule has 1 aliphatic rings. The van der Waals surface area contributed by atoms with Crippen LogP contribution in [0.2, 0.25) is 0 Å². The Morgan fingerprint density at radius 3 is 2.52 bits per heavy atom. The molecule has 2 aromatic carbocycles. The molecule has 0 aliphatic carbocycles. The number of hydrogen-bond acceptors (Lipinski definition) is 4. The first kappa shape index (κ1) is 18.8. The minimum Gasteiger partial charge on any atom is -0.481 e. The van der Waals surface area contributed by atoms with Gasteiger partial charge in [-0.05, 0) is 17.5 Å². The summed E-state index contributed by atoms with van der Waals surface area (Å²) in [5.74, 6) is -2.24. The Bertz CT molecular complexity index is 887. The number of benzene rings is 2. The van der Waals surface area contributed by atoms with Crippen LogP contribution in [-0.4, -0.2) is 39.2 Å². The molecule has 1 N–H and O–H groups in total. The maximum Gasteiger partial charge on any atom is 0.313 e. The summed E-state index contributed by atoms with van der Waals surface area (Å²) in [7, 11) is 0. The van der Waals surface area contributed by atoms with Crippen molar-refractivity contribution in [1.82, 2.24) is 4.90 Å². The number of non-ortho nitro benzene ring substituents is 1. The lowest BCUT2D eigenvalue weighted by atomic mass is 9.79. The highest BCUT2D eigenvalue weighted by atomic mass is 35.5. The summed E-state index contributed by atoms with van der Waals surface area (Å²) < 4.78 is 0. The number of aliphatic carboxylic acids is 1. The summed E-state index contributed by atoms with van der Waals surface area (Å²) in [6.07, 6.45) is 0.479. The molecule has 1 aliphatic heterocycles. The van der Waals surface area contributed by atoms with E-state index < -0.39 is 28.8 Å². The monoisotopic (exact) mass is 388 g/mol. The molecule has 2 aromatic rings. The van der Waals surface area contributed by atoms with Gasteiger partial charge in [0.15, 0.2) is 0 Å². The Morgan fingerprint density at radius 2 is 1.93 bits per heavy atom. The van der Waals surface area contributed by atoms with Gasteiger partial charge in [0.25, 0.3) is 11.6 Å². The predicted molar refractivity (Wildman–Crippen MR) is 99.0 cm³/mol. The highest BCUT2D eigenvalue weighted by molar-refractivity contribution is 6.17. The molecule has 8 heteroatoms. The first-order valence-corrected chi connectivity index (χ1v) is 8.92. The van der Waals surface area contributed by atoms with E-state index in [1.165, 1.54) is 17.0 Å². The molecule has 27 heavy (non-hydrogen) atoms. The number of nitro groups is 1. The van der Waals surface area contributed by atoms with E-state index >= 15 is 0 Å². The number of halogens is 1. The first-order chi connectivity index (χ1) is 13.0. The molecule has 1 heterocycles. The van der Waals surface area contributed by atoms with E-state index in [4.69, 9.17) is 11.6 Å². The molecule has 0 unspecified atom stereocenters. The molecule has 0 fully saturated rings. The number of carbonyl (C=O) groups excluding carboxylic acids is 1. The summed E-state index contributed by atoms with van der Waals surface area (Å²) in [6.45, 7) is 0.258. The fourth-order valence-corrected chi connectivity index (χ4v) is 3.63. The second-order valence-corrected chi connectivity index (χ2v) is 6.62. The Kier molecular flexibility index (Phi) is 5.41. The lowest BCUT2D eigenvalue weighted by molar-refractivity contribution is -0.384. The van der Waals surface area contributed by atoms with E-state index in [1.54, 1.807) is 24.3 Å². The summed E-state index contributed by atoms with van der Waals surface area (Å²) in [5.41, 5.74) is 0.783. The van der Waals surface area contributed by atoms with Crippen molar-refractivity contribution in [1.29, 1.82) is 0 Å². The zero-order chi connectivity index (χ0) is 19.6. The number of nitrogens with zero attached hydrogens (tertiary/aromatic N) is 2. The molecule has 0 saturated carbocycles. The van der Waals surface area contributed by atoms with E-state index in [0.717, 1.165) is 6.07 Å². The van der Waals surface area contributed by atoms with Crippen LogP contribution >= 0.6 is 11.6 Å². The molecule has 0 saturated heterocycles. The van der Waals surface area contributed by atoms with Gasteiger partial charge in [0, 0.05) is 24.6 Å². The van der Waals surface area contributed by atoms with Gasteiger partial charge < -0.3 is 10.0 Å². The van der Waals surface area contributed by atoms with Gasteiger partial charge >= 0.3 is 5.97 Å². The average molecular weight is 389 g/mol. The molecule has 1 amide bonds. The van der Waals surface area contributed by atoms with Crippen molar-refractivity contribution in [2.24, 2.45) is 0 Å². The fourth-order valence-electron chi connectivity index (χ4n) is 3.51. The van der Waals surface area contributed by atoms with Crippen LogP contribution in [0.1, 0.15) is 39.9 Å². The number of rotatable bonds is 6. The van der Waals surface area contributed by atoms with Crippen LogP contribution in [0.15, 0.2) is 48.5 Å². The molecule has 140 valence electrons. The maximum atomic E-state index is 13.1. The highest BCUT2D eigenvalue weighted by Crippen LogP contribution is 2.43. The lowest BCUT2D eigenvalue weighted by Crippen LogP contribution is -2.45. The average Bonchev–Trinajstić information content (AvgIpc) is 2.67. The van der Waals surface area contributed by atoms with Gasteiger partial charge in [-0.2, -0.15) is 0 Å². The predicted octanol–water partition coefficient (Wildman–Crippen LogP) is 3.59. The molecular weight excluding hydrogens is 372 g/mol. The van der Waals surface area contributed by atoms with Gasteiger partial charge in [-0.25, -0.2) is 0 Å². The van der Waals surface area contributed by atoms with Crippen LogP contribution in [0.4, 0.5) is 5.69 Å². The molecule has 3 rings (SSSR count). The summed E-state index contributed by atoms with van der Waals surface area (Å²) in [5, 5.41) is 21.0. The van der Waals surface area contributed by atoms with E-state index in [-0.39, 0.29) is 23.4 Å². The van der Waals surface area contributed by atoms with Crippen molar-refractivity contribution in [2.45, 2.75) is 18.4 Å². The Labute approximate surface area is 160 Å². The van der Waals surface area contributed by atoms with Crippen molar-refractivity contribution in [2.75, 3.05) is 12.4 Å². The van der Waals surface area contributed by atoms with E-state index in [1.807, 2.05) is 6.07 Å². The minimum absolute atomic E-state index is 0.0540. The number of nitro benzene ring substituents is 1. The summed E-state index contributed by atoms with van der Waals surface area (Å²) >= 11 is 5.78. The molecule has 0 aromatic heterocycles. The highest BCUT2D eigenvalue weighted by Gasteiger charge is 2.44. The van der Waals surface area contributed by atoms with Gasteiger partial charge in [0.05, 0.1) is 16.5 Å². The fraction of sp³-hybridized carbons (Fsp3) is 0.263. The Balaban J connectivity index is 2.20. The number of carboxylic acid groups (broad SMARTS) is 1. The van der Waals surface area contributed by atoms with Crippen molar-refractivity contribution < 1.29 is 19.6 Å². The molecule has 0 bridgehead atoms. The maximum absolute atomic E-state index is 13.1. The van der Waals surface area contributed by atoms with Crippen LogP contribution in [0.3, 0.4) is 0 Å². The third-order valence-corrected chi connectivity index (χ3v) is 4.93. The Hall–Kier alpha value is -2.93. The standard InChI is InChI=1S/C19H17ClN2O5/c20-9-4-10-21-17(12-5-2-1-3-6-12)16(19(24)25)14-8-7-13(22(26)27)11-15(14)18(21)23/h1-3,5-8,11,16-17H,4,9-10H2,(H,24,25)/t16-,17-/m1/s1. The number of carbonyl (C=O) groups is 2. The molecular formula is C19H17ClN2O5. The Morgan fingerprint density at radius 1 is 1.22 bits per heavy atom. The van der Waals surface area contributed by atoms with E-state index in [0.29, 0.717) is 17.9 Å². The summed E-state index contributed by atoms with van der Waals surface area (Å²) in [4.78, 5) is 37.2. The molecule has 0 spiro atoms. The number of alkyl halides is 1. The number of hydrogen-bond donors (Lipinski definition) is 1. The summed E-state index contributed by atoms with van der Waals surface area (Å²) in [6, 6.07) is 12.0. The van der Waals surface area contributed by atoms with Crippen LogP contribution in [0, 0.1) is 10.1 Å². The van der Waals surface area contributed by atoms with E-state index in [9.17, 15) is 24.8 Å². The van der Waals surface area contributed by atoms with Crippen molar-refractivity contribution >= 4 is 29.2 Å². The third-order valence-electron chi connectivity index (χ3n) is 4.67. The zero-order valence-corrected chi connectivity index (χ0v) is 15.0. The van der Waals surface area contributed by atoms with E-state index in [2.05, 4.69) is 0 Å². The second-order valence-electron chi connectivity index (χ2n) is 6.24. The second kappa shape index (κ2) is 7.75. The van der Waals surface area contributed by atoms with Gasteiger partial charge in [-0.1, -0.05) is 36.4 Å². The van der Waals surface area contributed by atoms with Crippen LogP contribution < -0.4 is 0 Å². The van der Waals surface area contributed by atoms with Gasteiger partial charge in [-0.3, -0.25) is 19.7 Å². The smallest absolute Gasteiger partial charge is 0.313 e. The molecule has 7 nitrogen and oxygen atoms in total. The van der Waals surface area contributed by atoms with Gasteiger partial charge in [-0.15, -0.1) is 11.6 Å². The number of carboxylic acids is 1. The van der Waals surface area contributed by atoms with Crippen molar-refractivity contribution in [3.8, 4) is 0 Å². The van der Waals surface area contributed by atoms with Crippen molar-refractivity contribution in [3.05, 3.63) is 75.3 Å².